The number of hydrogen-bond acceptors (Lipinski definition) is 6. The number of fused-ring (bicyclic) bond motifs is 1. The zero-order chi connectivity index (χ0) is 22.9. The molecule has 32 heavy (non-hydrogen) atoms. The van der Waals surface area contributed by atoms with Crippen molar-refractivity contribution in [3.05, 3.63) is 35.4 Å². The van der Waals surface area contributed by atoms with Crippen LogP contribution in [0.2, 0.25) is 0 Å². The molecule has 3 aliphatic rings. The van der Waals surface area contributed by atoms with Crippen molar-refractivity contribution in [3.8, 4) is 0 Å². The molecule has 5 amide bonds. The number of rotatable bonds is 7. The van der Waals surface area contributed by atoms with E-state index in [1.165, 1.54) is 4.90 Å². The molecule has 0 aromatic heterocycles. The van der Waals surface area contributed by atoms with Gasteiger partial charge in [-0.15, -0.1) is 0 Å². The Morgan fingerprint density at radius 3 is 2.41 bits per heavy atom. The topological polar surface area (TPSA) is 113 Å². The van der Waals surface area contributed by atoms with E-state index in [4.69, 9.17) is 4.74 Å². The van der Waals surface area contributed by atoms with E-state index in [-0.39, 0.29) is 36.8 Å². The molecule has 0 unspecified atom stereocenters. The maximum absolute atomic E-state index is 12.9. The quantitative estimate of drug-likeness (QED) is 0.300. The minimum Gasteiger partial charge on any atom is -0.464 e. The Hall–Kier alpha value is -3.23. The number of esters is 1. The predicted molar refractivity (Wildman–Crippen MR) is 113 cm³/mol. The highest BCUT2D eigenvalue weighted by atomic mass is 16.5. The van der Waals surface area contributed by atoms with Gasteiger partial charge in [0.2, 0.25) is 0 Å². The molecular weight excluding hydrogens is 414 g/mol. The molecule has 2 atom stereocenters. The average molecular weight is 441 g/mol. The summed E-state index contributed by atoms with van der Waals surface area (Å²) >= 11 is 0. The Morgan fingerprint density at radius 1 is 1.06 bits per heavy atom. The zero-order valence-electron chi connectivity index (χ0n) is 18.1. The molecule has 1 aromatic rings. The standard InChI is InChI=1S/C23H27N3O6/c1-15-8-4-5-11-23(15)21(30)26(22(31)24-23)14-18(27)32-13-7-6-12-25-19(28)16-9-2-3-10-17(16)20(25)29/h2-3,9-10,15H,4-8,11-14H2,1H3,(H,24,31)/t15-,23+/m0/s1. The van der Waals surface area contributed by atoms with Crippen LogP contribution >= 0.6 is 0 Å². The van der Waals surface area contributed by atoms with E-state index < -0.39 is 24.1 Å². The van der Waals surface area contributed by atoms with Gasteiger partial charge in [0.25, 0.3) is 17.7 Å². The number of nitrogens with zero attached hydrogens (tertiary/aromatic N) is 2. The molecule has 1 spiro atoms. The summed E-state index contributed by atoms with van der Waals surface area (Å²) in [5.74, 6) is -1.61. The zero-order valence-corrected chi connectivity index (χ0v) is 18.1. The summed E-state index contributed by atoms with van der Waals surface area (Å²) in [7, 11) is 0. The van der Waals surface area contributed by atoms with Crippen molar-refractivity contribution in [1.82, 2.24) is 15.1 Å². The molecule has 1 aromatic carbocycles. The highest BCUT2D eigenvalue weighted by Gasteiger charge is 2.55. The molecule has 2 aliphatic heterocycles. The fraction of sp³-hybridized carbons (Fsp3) is 0.522. The molecule has 1 aliphatic carbocycles. The van der Waals surface area contributed by atoms with Crippen LogP contribution in [0.25, 0.3) is 0 Å². The molecule has 1 saturated carbocycles. The van der Waals surface area contributed by atoms with Crippen LogP contribution in [0.15, 0.2) is 24.3 Å². The summed E-state index contributed by atoms with van der Waals surface area (Å²) in [4.78, 5) is 64.2. The number of amides is 5. The van der Waals surface area contributed by atoms with Crippen LogP contribution in [0.1, 0.15) is 66.2 Å². The number of unbranched alkanes of at least 4 members (excludes halogenated alkanes) is 1. The van der Waals surface area contributed by atoms with E-state index in [9.17, 15) is 24.0 Å². The van der Waals surface area contributed by atoms with Gasteiger partial charge in [-0.2, -0.15) is 0 Å². The van der Waals surface area contributed by atoms with Gasteiger partial charge < -0.3 is 10.1 Å². The minimum atomic E-state index is -0.901. The highest BCUT2D eigenvalue weighted by molar-refractivity contribution is 6.21. The molecule has 1 saturated heterocycles. The van der Waals surface area contributed by atoms with E-state index in [0.29, 0.717) is 30.4 Å². The minimum absolute atomic E-state index is 0.0240. The van der Waals surface area contributed by atoms with Crippen LogP contribution in [-0.2, 0) is 14.3 Å². The predicted octanol–water partition coefficient (Wildman–Crippen LogP) is 2.11. The van der Waals surface area contributed by atoms with Crippen LogP contribution in [-0.4, -0.2) is 64.8 Å². The lowest BCUT2D eigenvalue weighted by Gasteiger charge is -2.36. The van der Waals surface area contributed by atoms with Crippen molar-refractivity contribution in [3.63, 3.8) is 0 Å². The molecule has 9 heteroatoms. The fourth-order valence-corrected chi connectivity index (χ4v) is 4.81. The van der Waals surface area contributed by atoms with E-state index in [1.807, 2.05) is 6.92 Å². The van der Waals surface area contributed by atoms with Gasteiger partial charge in [0.15, 0.2) is 0 Å². The number of carbonyl (C=O) groups excluding carboxylic acids is 5. The molecule has 9 nitrogen and oxygen atoms in total. The van der Waals surface area contributed by atoms with Crippen molar-refractivity contribution in [2.45, 2.75) is 51.0 Å². The average Bonchev–Trinajstić information content (AvgIpc) is 3.16. The Labute approximate surface area is 186 Å². The van der Waals surface area contributed by atoms with E-state index in [1.54, 1.807) is 24.3 Å². The van der Waals surface area contributed by atoms with Gasteiger partial charge in [0, 0.05) is 6.54 Å². The van der Waals surface area contributed by atoms with Gasteiger partial charge >= 0.3 is 12.0 Å². The Balaban J connectivity index is 1.21. The first-order chi connectivity index (χ1) is 15.3. The van der Waals surface area contributed by atoms with Crippen molar-refractivity contribution in [2.75, 3.05) is 19.7 Å². The second-order valence-electron chi connectivity index (χ2n) is 8.67. The fourth-order valence-electron chi connectivity index (χ4n) is 4.81. The number of nitrogens with one attached hydrogen (secondary N) is 1. The van der Waals surface area contributed by atoms with Crippen LogP contribution in [0.4, 0.5) is 4.79 Å². The summed E-state index contributed by atoms with van der Waals surface area (Å²) in [5, 5.41) is 2.81. The number of ether oxygens (including phenoxy) is 1. The summed E-state index contributed by atoms with van der Waals surface area (Å²) in [6.45, 7) is 1.84. The van der Waals surface area contributed by atoms with E-state index in [0.717, 1.165) is 24.2 Å². The number of carbonyl (C=O) groups is 5. The van der Waals surface area contributed by atoms with Crippen molar-refractivity contribution < 1.29 is 28.7 Å². The molecule has 0 radical (unpaired) electrons. The number of imide groups is 2. The lowest BCUT2D eigenvalue weighted by Crippen LogP contribution is -2.54. The molecular formula is C23H27N3O6. The normalized spacial score (nSPS) is 24.8. The van der Waals surface area contributed by atoms with Crippen LogP contribution in [0.3, 0.4) is 0 Å². The summed E-state index contributed by atoms with van der Waals surface area (Å²) < 4.78 is 5.18. The highest BCUT2D eigenvalue weighted by Crippen LogP contribution is 2.38. The second-order valence-corrected chi connectivity index (χ2v) is 8.67. The number of hydrogen-bond donors (Lipinski definition) is 1. The van der Waals surface area contributed by atoms with Crippen molar-refractivity contribution in [2.24, 2.45) is 5.92 Å². The van der Waals surface area contributed by atoms with E-state index >= 15 is 0 Å². The number of urea groups is 1. The second kappa shape index (κ2) is 8.72. The number of benzene rings is 1. The van der Waals surface area contributed by atoms with E-state index in [2.05, 4.69) is 5.32 Å². The van der Waals surface area contributed by atoms with Crippen LogP contribution in [0, 0.1) is 5.92 Å². The third kappa shape index (κ3) is 3.76. The van der Waals surface area contributed by atoms with Gasteiger partial charge in [-0.3, -0.25) is 29.0 Å². The van der Waals surface area contributed by atoms with Crippen molar-refractivity contribution in [1.29, 1.82) is 0 Å². The Morgan fingerprint density at radius 2 is 1.75 bits per heavy atom. The van der Waals surface area contributed by atoms with Gasteiger partial charge in [0.05, 0.1) is 17.7 Å². The lowest BCUT2D eigenvalue weighted by molar-refractivity contribution is -0.148. The molecule has 170 valence electrons. The molecule has 1 N–H and O–H groups in total. The van der Waals surface area contributed by atoms with Crippen molar-refractivity contribution >= 4 is 29.7 Å². The third-order valence-electron chi connectivity index (χ3n) is 6.71. The van der Waals surface area contributed by atoms with Crippen LogP contribution < -0.4 is 5.32 Å². The first-order valence-corrected chi connectivity index (χ1v) is 11.1. The SMILES string of the molecule is C[C@H]1CCCC[C@@]12NC(=O)N(CC(=O)OCCCCN1C(=O)c3ccccc3C1=O)C2=O. The Bertz CT molecular complexity index is 941. The summed E-state index contributed by atoms with van der Waals surface area (Å²) in [6, 6.07) is 6.15. The van der Waals surface area contributed by atoms with Crippen LogP contribution in [0.5, 0.6) is 0 Å². The lowest BCUT2D eigenvalue weighted by atomic mass is 9.73. The molecule has 2 heterocycles. The monoisotopic (exact) mass is 441 g/mol. The molecule has 2 fully saturated rings. The largest absolute Gasteiger partial charge is 0.464 e. The summed E-state index contributed by atoms with van der Waals surface area (Å²) in [6.07, 6.45) is 4.25. The van der Waals surface area contributed by atoms with Gasteiger partial charge in [0.1, 0.15) is 12.1 Å². The first kappa shape index (κ1) is 22.0. The maximum atomic E-state index is 12.9. The smallest absolute Gasteiger partial charge is 0.326 e. The Kier molecular flexibility index (Phi) is 5.99. The molecule has 0 bridgehead atoms. The van der Waals surface area contributed by atoms with Gasteiger partial charge in [-0.25, -0.2) is 4.79 Å². The first-order valence-electron chi connectivity index (χ1n) is 11.1. The van der Waals surface area contributed by atoms with Gasteiger partial charge in [-0.1, -0.05) is 31.9 Å². The molecule has 4 rings (SSSR count). The summed E-state index contributed by atoms with van der Waals surface area (Å²) in [5.41, 5.74) is -0.0905. The van der Waals surface area contributed by atoms with Gasteiger partial charge in [-0.05, 0) is 43.7 Å². The third-order valence-corrected chi connectivity index (χ3v) is 6.71. The maximum Gasteiger partial charge on any atom is 0.326 e.